The molecule has 0 aromatic heterocycles. The lowest BCUT2D eigenvalue weighted by Crippen LogP contribution is -2.34. The van der Waals surface area contributed by atoms with Gasteiger partial charge in [-0.2, -0.15) is 0 Å². The monoisotopic (exact) mass is 255 g/mol. The Morgan fingerprint density at radius 1 is 1.50 bits per heavy atom. The molecule has 18 heavy (non-hydrogen) atoms. The fourth-order valence-electron chi connectivity index (χ4n) is 1.43. The van der Waals surface area contributed by atoms with E-state index >= 15 is 0 Å². The van der Waals surface area contributed by atoms with Gasteiger partial charge in [-0.25, -0.2) is 4.39 Å². The largest absolute Gasteiger partial charge is 0.388 e. The first-order chi connectivity index (χ1) is 8.45. The number of rotatable bonds is 5. The summed E-state index contributed by atoms with van der Waals surface area (Å²) in [5.41, 5.74) is 0.00892. The van der Waals surface area contributed by atoms with Crippen molar-refractivity contribution in [3.63, 3.8) is 0 Å². The summed E-state index contributed by atoms with van der Waals surface area (Å²) < 4.78 is 13.4. The lowest BCUT2D eigenvalue weighted by Gasteiger charge is -2.19. The highest BCUT2D eigenvalue weighted by atomic mass is 19.1. The first-order valence-electron chi connectivity index (χ1n) is 5.31. The molecule has 0 saturated heterocycles. The molecule has 0 spiro atoms. The Morgan fingerprint density at radius 2 is 2.17 bits per heavy atom. The maximum absolute atomic E-state index is 13.4. The van der Waals surface area contributed by atoms with Gasteiger partial charge in [0.25, 0.3) is 0 Å². The number of amides is 1. The van der Waals surface area contributed by atoms with Crippen LogP contribution in [-0.4, -0.2) is 35.1 Å². The standard InChI is InChI=1S/C12H14FNO4/c1-7(16)14-5-11(17)12(18)9-4-8(6-15)2-3-10(9)13/h2-4,6,11-12,17-18H,5H2,1H3,(H,14,16). The molecule has 2 atom stereocenters. The van der Waals surface area contributed by atoms with Crippen LogP contribution in [0.3, 0.4) is 0 Å². The van der Waals surface area contributed by atoms with E-state index in [0.717, 1.165) is 12.1 Å². The average molecular weight is 255 g/mol. The van der Waals surface area contributed by atoms with Crippen LogP contribution in [-0.2, 0) is 4.79 Å². The molecule has 0 bridgehead atoms. The Morgan fingerprint density at radius 3 is 2.72 bits per heavy atom. The number of aldehydes is 1. The molecule has 2 unspecified atom stereocenters. The molecule has 1 aromatic carbocycles. The zero-order chi connectivity index (χ0) is 13.7. The van der Waals surface area contributed by atoms with Crippen LogP contribution >= 0.6 is 0 Å². The quantitative estimate of drug-likeness (QED) is 0.654. The molecule has 3 N–H and O–H groups in total. The van der Waals surface area contributed by atoms with Gasteiger partial charge in [0.05, 0.1) is 0 Å². The van der Waals surface area contributed by atoms with E-state index in [1.807, 2.05) is 0 Å². The molecule has 1 amide bonds. The zero-order valence-corrected chi connectivity index (χ0v) is 9.76. The van der Waals surface area contributed by atoms with Crippen molar-refractivity contribution >= 4 is 12.2 Å². The van der Waals surface area contributed by atoms with Gasteiger partial charge < -0.3 is 15.5 Å². The van der Waals surface area contributed by atoms with Gasteiger partial charge in [-0.1, -0.05) is 0 Å². The van der Waals surface area contributed by atoms with Crippen molar-refractivity contribution in [3.8, 4) is 0 Å². The summed E-state index contributed by atoms with van der Waals surface area (Å²) >= 11 is 0. The number of hydrogen-bond acceptors (Lipinski definition) is 4. The Bertz CT molecular complexity index is 450. The van der Waals surface area contributed by atoms with Crippen LogP contribution in [0.1, 0.15) is 28.9 Å². The van der Waals surface area contributed by atoms with Gasteiger partial charge >= 0.3 is 0 Å². The second-order valence-corrected chi connectivity index (χ2v) is 3.85. The number of nitrogens with one attached hydrogen (secondary N) is 1. The number of aliphatic hydroxyl groups is 2. The van der Waals surface area contributed by atoms with E-state index in [4.69, 9.17) is 0 Å². The van der Waals surface area contributed by atoms with Crippen molar-refractivity contribution in [2.24, 2.45) is 0 Å². The van der Waals surface area contributed by atoms with Crippen LogP contribution in [0.15, 0.2) is 18.2 Å². The highest BCUT2D eigenvalue weighted by Gasteiger charge is 2.22. The third kappa shape index (κ3) is 3.61. The van der Waals surface area contributed by atoms with Gasteiger partial charge in [0.15, 0.2) is 0 Å². The van der Waals surface area contributed by atoms with Gasteiger partial charge in [-0.05, 0) is 18.2 Å². The third-order valence-electron chi connectivity index (χ3n) is 2.40. The van der Waals surface area contributed by atoms with Crippen molar-refractivity contribution in [1.29, 1.82) is 0 Å². The first-order valence-corrected chi connectivity index (χ1v) is 5.31. The van der Waals surface area contributed by atoms with Crippen molar-refractivity contribution in [2.75, 3.05) is 6.54 Å². The molecule has 0 heterocycles. The van der Waals surface area contributed by atoms with Crippen molar-refractivity contribution in [2.45, 2.75) is 19.1 Å². The highest BCUT2D eigenvalue weighted by Crippen LogP contribution is 2.21. The number of hydrogen-bond donors (Lipinski definition) is 3. The Balaban J connectivity index is 2.84. The molecule has 0 aliphatic carbocycles. The Kier molecular flexibility index (Phi) is 4.94. The van der Waals surface area contributed by atoms with E-state index in [9.17, 15) is 24.2 Å². The molecule has 98 valence electrons. The van der Waals surface area contributed by atoms with Gasteiger partial charge in [0, 0.05) is 24.6 Å². The summed E-state index contributed by atoms with van der Waals surface area (Å²) in [6, 6.07) is 3.45. The molecule has 1 rings (SSSR count). The third-order valence-corrected chi connectivity index (χ3v) is 2.40. The van der Waals surface area contributed by atoms with E-state index in [1.54, 1.807) is 0 Å². The molecule has 0 aliphatic heterocycles. The number of carbonyl (C=O) groups is 2. The van der Waals surface area contributed by atoms with E-state index in [1.165, 1.54) is 13.0 Å². The van der Waals surface area contributed by atoms with Crippen molar-refractivity contribution < 1.29 is 24.2 Å². The zero-order valence-electron chi connectivity index (χ0n) is 9.76. The topological polar surface area (TPSA) is 86.6 Å². The molecule has 6 heteroatoms. The SMILES string of the molecule is CC(=O)NCC(O)C(O)c1cc(C=O)ccc1F. The fourth-order valence-corrected chi connectivity index (χ4v) is 1.43. The lowest BCUT2D eigenvalue weighted by atomic mass is 10.0. The van der Waals surface area contributed by atoms with E-state index < -0.39 is 18.0 Å². The van der Waals surface area contributed by atoms with Crippen LogP contribution in [0, 0.1) is 5.82 Å². The van der Waals surface area contributed by atoms with Crippen LogP contribution in [0.5, 0.6) is 0 Å². The van der Waals surface area contributed by atoms with Gasteiger partial charge in [0.2, 0.25) is 5.91 Å². The van der Waals surface area contributed by atoms with E-state index in [2.05, 4.69) is 5.32 Å². The molecule has 0 aliphatic rings. The predicted octanol–water partition coefficient (Wildman–Crippen LogP) is 0.169. The van der Waals surface area contributed by atoms with Crippen LogP contribution in [0.25, 0.3) is 0 Å². The van der Waals surface area contributed by atoms with Gasteiger partial charge in [-0.15, -0.1) is 0 Å². The number of halogens is 1. The second-order valence-electron chi connectivity index (χ2n) is 3.85. The number of carbonyl (C=O) groups excluding carboxylic acids is 2. The Hall–Kier alpha value is -1.79. The van der Waals surface area contributed by atoms with Crippen molar-refractivity contribution in [1.82, 2.24) is 5.32 Å². The van der Waals surface area contributed by atoms with Crippen LogP contribution < -0.4 is 5.32 Å². The first kappa shape index (κ1) is 14.3. The lowest BCUT2D eigenvalue weighted by molar-refractivity contribution is -0.119. The molecule has 0 saturated carbocycles. The number of benzene rings is 1. The summed E-state index contributed by atoms with van der Waals surface area (Å²) in [5.74, 6) is -1.10. The minimum absolute atomic E-state index is 0.183. The van der Waals surface area contributed by atoms with E-state index in [0.29, 0.717) is 6.29 Å². The van der Waals surface area contributed by atoms with Gasteiger partial charge in [0.1, 0.15) is 24.3 Å². The molecule has 0 radical (unpaired) electrons. The molecule has 5 nitrogen and oxygen atoms in total. The maximum atomic E-state index is 13.4. The molecule has 1 aromatic rings. The van der Waals surface area contributed by atoms with Crippen LogP contribution in [0.4, 0.5) is 4.39 Å². The van der Waals surface area contributed by atoms with Crippen molar-refractivity contribution in [3.05, 3.63) is 35.1 Å². The second kappa shape index (κ2) is 6.23. The maximum Gasteiger partial charge on any atom is 0.216 e. The Labute approximate surface area is 103 Å². The predicted molar refractivity (Wildman–Crippen MR) is 61.4 cm³/mol. The number of aliphatic hydroxyl groups excluding tert-OH is 2. The summed E-state index contributed by atoms with van der Waals surface area (Å²) in [6.45, 7) is 1.05. The summed E-state index contributed by atoms with van der Waals surface area (Å²) in [5, 5.41) is 21.6. The highest BCUT2D eigenvalue weighted by molar-refractivity contribution is 5.75. The summed E-state index contributed by atoms with van der Waals surface area (Å²) in [7, 11) is 0. The minimum Gasteiger partial charge on any atom is -0.388 e. The van der Waals surface area contributed by atoms with E-state index in [-0.39, 0.29) is 23.6 Å². The molecular formula is C12H14FNO4. The average Bonchev–Trinajstić information content (AvgIpc) is 2.35. The minimum atomic E-state index is -1.52. The summed E-state index contributed by atoms with van der Waals surface area (Å²) in [4.78, 5) is 21.2. The summed E-state index contributed by atoms with van der Waals surface area (Å²) in [6.07, 6.45) is -2.36. The molecule has 0 fully saturated rings. The smallest absolute Gasteiger partial charge is 0.216 e. The fraction of sp³-hybridized carbons (Fsp3) is 0.333. The van der Waals surface area contributed by atoms with Gasteiger partial charge in [-0.3, -0.25) is 9.59 Å². The van der Waals surface area contributed by atoms with Crippen LogP contribution in [0.2, 0.25) is 0 Å². The normalized spacial score (nSPS) is 13.8. The molecular weight excluding hydrogens is 241 g/mol.